The van der Waals surface area contributed by atoms with Crippen LogP contribution in [0.1, 0.15) is 13.8 Å². The monoisotopic (exact) mass is 111 g/mol. The Labute approximate surface area is 51.3 Å². The van der Waals surface area contributed by atoms with Crippen molar-refractivity contribution in [3.63, 3.8) is 0 Å². The maximum absolute atomic E-state index is 3.75. The third kappa shape index (κ3) is 2.45. The van der Waals surface area contributed by atoms with E-state index in [-0.39, 0.29) is 0 Å². The molecular weight excluding hydrogens is 98.1 g/mol. The van der Waals surface area contributed by atoms with E-state index < -0.39 is 0 Å². The topological polar surface area (TPSA) is 3.24 Å². The second-order valence-electron chi connectivity index (χ2n) is 1.83. The molecule has 0 unspecified atom stereocenters. The highest BCUT2D eigenvalue weighted by atomic mass is 15.1. The molecule has 0 saturated heterocycles. The second-order valence-corrected chi connectivity index (χ2v) is 1.83. The highest BCUT2D eigenvalue weighted by Gasteiger charge is 1.84. The molecule has 0 atom stereocenters. The summed E-state index contributed by atoms with van der Waals surface area (Å²) in [6.45, 7) is 7.71. The van der Waals surface area contributed by atoms with Crippen molar-refractivity contribution in [1.82, 2.24) is 4.90 Å². The lowest BCUT2D eigenvalue weighted by molar-refractivity contribution is 0.572. The van der Waals surface area contributed by atoms with Crippen molar-refractivity contribution >= 4 is 0 Å². The predicted molar refractivity (Wildman–Crippen MR) is 37.4 cm³/mol. The Hall–Kier alpha value is -0.720. The molecule has 0 aromatic carbocycles. The van der Waals surface area contributed by atoms with Crippen molar-refractivity contribution in [1.29, 1.82) is 0 Å². The summed E-state index contributed by atoms with van der Waals surface area (Å²) in [6.07, 6.45) is 3.96. The standard InChI is InChI=1S/C7H13N/c1-5-6-8(4)7(2)3/h5-6H,2H2,1,3-4H3. The van der Waals surface area contributed by atoms with E-state index in [1.165, 1.54) is 0 Å². The van der Waals surface area contributed by atoms with E-state index in [4.69, 9.17) is 0 Å². The molecule has 0 heterocycles. The Morgan fingerprint density at radius 2 is 2.12 bits per heavy atom. The minimum Gasteiger partial charge on any atom is -0.356 e. The van der Waals surface area contributed by atoms with Crippen molar-refractivity contribution < 1.29 is 0 Å². The summed E-state index contributed by atoms with van der Waals surface area (Å²) in [5, 5.41) is 0. The van der Waals surface area contributed by atoms with Crippen molar-refractivity contribution in [3.05, 3.63) is 24.6 Å². The van der Waals surface area contributed by atoms with Crippen LogP contribution in [0.3, 0.4) is 0 Å². The molecule has 0 aliphatic heterocycles. The van der Waals surface area contributed by atoms with Gasteiger partial charge in [0.1, 0.15) is 0 Å². The molecule has 0 saturated carbocycles. The molecule has 0 rings (SSSR count). The fraction of sp³-hybridized carbons (Fsp3) is 0.429. The summed E-state index contributed by atoms with van der Waals surface area (Å²) in [7, 11) is 1.97. The van der Waals surface area contributed by atoms with Crippen LogP contribution >= 0.6 is 0 Å². The van der Waals surface area contributed by atoms with Crippen LogP contribution in [-0.2, 0) is 0 Å². The predicted octanol–water partition coefficient (Wildman–Crippen LogP) is 1.99. The number of hydrogen-bond donors (Lipinski definition) is 0. The van der Waals surface area contributed by atoms with E-state index in [1.807, 2.05) is 38.1 Å². The highest BCUT2D eigenvalue weighted by Crippen LogP contribution is 1.94. The van der Waals surface area contributed by atoms with Crippen LogP contribution < -0.4 is 0 Å². The first-order valence-electron chi connectivity index (χ1n) is 2.69. The Balaban J connectivity index is 3.64. The van der Waals surface area contributed by atoms with Crippen molar-refractivity contribution in [2.45, 2.75) is 13.8 Å². The van der Waals surface area contributed by atoms with Gasteiger partial charge < -0.3 is 4.90 Å². The van der Waals surface area contributed by atoms with E-state index in [0.717, 1.165) is 5.70 Å². The van der Waals surface area contributed by atoms with E-state index in [0.29, 0.717) is 0 Å². The van der Waals surface area contributed by atoms with Gasteiger partial charge in [0, 0.05) is 12.7 Å². The van der Waals surface area contributed by atoms with Crippen LogP contribution in [0.2, 0.25) is 0 Å². The Morgan fingerprint density at radius 1 is 1.62 bits per heavy atom. The molecule has 0 aliphatic rings. The zero-order chi connectivity index (χ0) is 6.57. The molecule has 46 valence electrons. The molecular formula is C7H13N. The average Bonchev–Trinajstić information content (AvgIpc) is 1.67. The molecule has 8 heavy (non-hydrogen) atoms. The maximum Gasteiger partial charge on any atom is 0.0108 e. The van der Waals surface area contributed by atoms with Crippen LogP contribution in [0.15, 0.2) is 24.6 Å². The quantitative estimate of drug-likeness (QED) is 0.526. The first-order valence-corrected chi connectivity index (χ1v) is 2.69. The van der Waals surface area contributed by atoms with Crippen LogP contribution in [0.4, 0.5) is 0 Å². The lowest BCUT2D eigenvalue weighted by Crippen LogP contribution is -2.04. The summed E-state index contributed by atoms with van der Waals surface area (Å²) < 4.78 is 0. The maximum atomic E-state index is 3.75. The van der Waals surface area contributed by atoms with Gasteiger partial charge in [-0.1, -0.05) is 12.7 Å². The van der Waals surface area contributed by atoms with Crippen LogP contribution in [0.25, 0.3) is 0 Å². The van der Waals surface area contributed by atoms with Gasteiger partial charge in [-0.3, -0.25) is 0 Å². The largest absolute Gasteiger partial charge is 0.356 e. The molecule has 0 bridgehead atoms. The van der Waals surface area contributed by atoms with Gasteiger partial charge in [0.05, 0.1) is 0 Å². The minimum absolute atomic E-state index is 1.06. The Kier molecular flexibility index (Phi) is 3.01. The van der Waals surface area contributed by atoms with Crippen molar-refractivity contribution in [2.75, 3.05) is 7.05 Å². The van der Waals surface area contributed by atoms with E-state index in [9.17, 15) is 0 Å². The van der Waals surface area contributed by atoms with Gasteiger partial charge in [0.2, 0.25) is 0 Å². The van der Waals surface area contributed by atoms with Crippen LogP contribution in [0, 0.1) is 0 Å². The summed E-state index contributed by atoms with van der Waals surface area (Å²) in [4.78, 5) is 1.97. The SMILES string of the molecule is C=C(C)N(C)C=CC. The van der Waals surface area contributed by atoms with Gasteiger partial charge in [-0.05, 0) is 20.0 Å². The van der Waals surface area contributed by atoms with E-state index in [1.54, 1.807) is 0 Å². The molecule has 0 spiro atoms. The molecule has 1 nitrogen and oxygen atoms in total. The lowest BCUT2D eigenvalue weighted by Gasteiger charge is -2.11. The van der Waals surface area contributed by atoms with Crippen molar-refractivity contribution in [2.24, 2.45) is 0 Å². The van der Waals surface area contributed by atoms with Crippen molar-refractivity contribution in [3.8, 4) is 0 Å². The Bertz CT molecular complexity index is 103. The number of allylic oxidation sites excluding steroid dienone is 2. The molecule has 0 aliphatic carbocycles. The molecule has 0 N–H and O–H groups in total. The molecule has 1 heteroatoms. The molecule has 0 aromatic heterocycles. The fourth-order valence-electron chi connectivity index (χ4n) is 0.351. The number of rotatable bonds is 2. The third-order valence-corrected chi connectivity index (χ3v) is 0.975. The van der Waals surface area contributed by atoms with Crippen LogP contribution in [0.5, 0.6) is 0 Å². The third-order valence-electron chi connectivity index (χ3n) is 0.975. The van der Waals surface area contributed by atoms with Crippen LogP contribution in [-0.4, -0.2) is 11.9 Å². The normalized spacial score (nSPS) is 9.88. The average molecular weight is 111 g/mol. The first kappa shape index (κ1) is 7.28. The van der Waals surface area contributed by atoms with E-state index >= 15 is 0 Å². The summed E-state index contributed by atoms with van der Waals surface area (Å²) in [5.74, 6) is 0. The van der Waals surface area contributed by atoms with Gasteiger partial charge in [-0.25, -0.2) is 0 Å². The smallest absolute Gasteiger partial charge is 0.0108 e. The molecule has 0 fully saturated rings. The van der Waals surface area contributed by atoms with Gasteiger partial charge >= 0.3 is 0 Å². The van der Waals surface area contributed by atoms with Gasteiger partial charge in [-0.2, -0.15) is 0 Å². The zero-order valence-electron chi connectivity index (χ0n) is 5.81. The fourth-order valence-corrected chi connectivity index (χ4v) is 0.351. The minimum atomic E-state index is 1.06. The molecule has 0 amide bonds. The first-order chi connectivity index (χ1) is 3.68. The highest BCUT2D eigenvalue weighted by molar-refractivity contribution is 4.93. The molecule has 0 radical (unpaired) electrons. The Morgan fingerprint density at radius 3 is 2.25 bits per heavy atom. The summed E-state index contributed by atoms with van der Waals surface area (Å²) in [5.41, 5.74) is 1.06. The summed E-state index contributed by atoms with van der Waals surface area (Å²) in [6, 6.07) is 0. The van der Waals surface area contributed by atoms with Gasteiger partial charge in [0.15, 0.2) is 0 Å². The second kappa shape index (κ2) is 3.30. The molecule has 0 aromatic rings. The summed E-state index contributed by atoms with van der Waals surface area (Å²) >= 11 is 0. The van der Waals surface area contributed by atoms with E-state index in [2.05, 4.69) is 6.58 Å². The lowest BCUT2D eigenvalue weighted by atomic mass is 10.5. The number of hydrogen-bond acceptors (Lipinski definition) is 1. The zero-order valence-corrected chi connectivity index (χ0v) is 5.81. The van der Waals surface area contributed by atoms with Gasteiger partial charge in [-0.15, -0.1) is 0 Å². The number of nitrogens with zero attached hydrogens (tertiary/aromatic N) is 1. The van der Waals surface area contributed by atoms with Gasteiger partial charge in [0.25, 0.3) is 0 Å².